The summed E-state index contributed by atoms with van der Waals surface area (Å²) >= 11 is 0. The molecule has 3 nitrogen and oxygen atoms in total. The monoisotopic (exact) mass is 261 g/mol. The molecule has 3 heteroatoms. The third-order valence-electron chi connectivity index (χ3n) is 3.85. The second kappa shape index (κ2) is 6.20. The van der Waals surface area contributed by atoms with Crippen LogP contribution < -0.4 is 5.32 Å². The van der Waals surface area contributed by atoms with Gasteiger partial charge in [0.2, 0.25) is 0 Å². The number of nitrogens with one attached hydrogen (secondary N) is 1. The molecule has 0 aromatic heterocycles. The van der Waals surface area contributed by atoms with E-state index in [2.05, 4.69) is 11.4 Å². The van der Waals surface area contributed by atoms with Gasteiger partial charge in [0.05, 0.1) is 6.10 Å². The van der Waals surface area contributed by atoms with E-state index >= 15 is 0 Å². The van der Waals surface area contributed by atoms with Gasteiger partial charge in [-0.2, -0.15) is 0 Å². The van der Waals surface area contributed by atoms with Gasteiger partial charge in [0.15, 0.2) is 0 Å². The fraction of sp³-hybridized carbons (Fsp3) is 0.562. The molecule has 1 amide bonds. The highest BCUT2D eigenvalue weighted by Crippen LogP contribution is 2.23. The first-order valence-electron chi connectivity index (χ1n) is 7.09. The average Bonchev–Trinajstić information content (AvgIpc) is 2.36. The molecule has 1 fully saturated rings. The molecule has 104 valence electrons. The quantitative estimate of drug-likeness (QED) is 0.878. The molecule has 1 aromatic rings. The van der Waals surface area contributed by atoms with Crippen molar-refractivity contribution in [2.45, 2.75) is 45.6 Å². The number of benzene rings is 1. The maximum absolute atomic E-state index is 12.1. The summed E-state index contributed by atoms with van der Waals surface area (Å²) in [4.78, 5) is 12.1. The van der Waals surface area contributed by atoms with Gasteiger partial charge < -0.3 is 10.4 Å². The van der Waals surface area contributed by atoms with Crippen molar-refractivity contribution < 1.29 is 9.90 Å². The summed E-state index contributed by atoms with van der Waals surface area (Å²) in [6.45, 7) is 4.73. The molecule has 1 saturated carbocycles. The Morgan fingerprint density at radius 3 is 2.32 bits per heavy atom. The van der Waals surface area contributed by atoms with E-state index in [1.54, 1.807) is 0 Å². The number of rotatable bonds is 3. The highest BCUT2D eigenvalue weighted by molar-refractivity contribution is 5.94. The van der Waals surface area contributed by atoms with E-state index in [1.807, 2.05) is 26.0 Å². The van der Waals surface area contributed by atoms with Crippen molar-refractivity contribution in [3.8, 4) is 0 Å². The van der Waals surface area contributed by atoms with Crippen molar-refractivity contribution in [2.75, 3.05) is 6.54 Å². The van der Waals surface area contributed by atoms with Crippen LogP contribution in [0.1, 0.15) is 47.2 Å². The second-order valence-corrected chi connectivity index (χ2v) is 5.76. The fourth-order valence-corrected chi connectivity index (χ4v) is 2.79. The lowest BCUT2D eigenvalue weighted by molar-refractivity contribution is 0.0910. The van der Waals surface area contributed by atoms with Crippen LogP contribution in [0.2, 0.25) is 0 Å². The summed E-state index contributed by atoms with van der Waals surface area (Å²) in [7, 11) is 0. The molecule has 0 unspecified atom stereocenters. The Kier molecular flexibility index (Phi) is 4.59. The molecule has 1 aromatic carbocycles. The first-order valence-corrected chi connectivity index (χ1v) is 7.09. The van der Waals surface area contributed by atoms with Crippen molar-refractivity contribution in [3.05, 3.63) is 34.9 Å². The Labute approximate surface area is 115 Å². The maximum atomic E-state index is 12.1. The number of aliphatic hydroxyl groups is 1. The molecule has 0 aliphatic heterocycles. The van der Waals surface area contributed by atoms with Gasteiger partial charge in [-0.05, 0) is 57.6 Å². The highest BCUT2D eigenvalue weighted by atomic mass is 16.3. The Hall–Kier alpha value is -1.35. The molecule has 0 saturated heterocycles. The summed E-state index contributed by atoms with van der Waals surface area (Å²) in [5.41, 5.74) is 2.98. The lowest BCUT2D eigenvalue weighted by atomic mass is 9.87. The fourth-order valence-electron chi connectivity index (χ4n) is 2.79. The average molecular weight is 261 g/mol. The van der Waals surface area contributed by atoms with E-state index in [0.717, 1.165) is 48.9 Å². The van der Waals surface area contributed by atoms with E-state index < -0.39 is 0 Å². The second-order valence-electron chi connectivity index (χ2n) is 5.76. The van der Waals surface area contributed by atoms with Crippen molar-refractivity contribution in [3.63, 3.8) is 0 Å². The highest BCUT2D eigenvalue weighted by Gasteiger charge is 2.19. The summed E-state index contributed by atoms with van der Waals surface area (Å²) in [5, 5.41) is 12.5. The smallest absolute Gasteiger partial charge is 0.251 e. The first-order chi connectivity index (χ1) is 9.04. The molecule has 0 radical (unpaired) electrons. The maximum Gasteiger partial charge on any atom is 0.251 e. The Morgan fingerprint density at radius 2 is 1.74 bits per heavy atom. The Balaban J connectivity index is 1.87. The zero-order chi connectivity index (χ0) is 13.8. The van der Waals surface area contributed by atoms with Gasteiger partial charge in [0.1, 0.15) is 0 Å². The van der Waals surface area contributed by atoms with Crippen molar-refractivity contribution in [1.29, 1.82) is 0 Å². The van der Waals surface area contributed by atoms with Crippen LogP contribution in [0.4, 0.5) is 0 Å². The van der Waals surface area contributed by atoms with E-state index in [4.69, 9.17) is 0 Å². The lowest BCUT2D eigenvalue weighted by Crippen LogP contribution is -2.32. The van der Waals surface area contributed by atoms with Crippen LogP contribution in [0, 0.1) is 19.8 Å². The number of aliphatic hydroxyl groups excluding tert-OH is 1. The molecule has 1 aliphatic carbocycles. The van der Waals surface area contributed by atoms with Crippen LogP contribution in [0.25, 0.3) is 0 Å². The Bertz CT molecular complexity index is 428. The number of amides is 1. The SMILES string of the molecule is Cc1cc(C)cc(C(=O)NCC2CCC(O)CC2)c1. The number of carbonyl (C=O) groups excluding carboxylic acids is 1. The third-order valence-corrected chi connectivity index (χ3v) is 3.85. The van der Waals surface area contributed by atoms with Crippen molar-refractivity contribution >= 4 is 5.91 Å². The molecular weight excluding hydrogens is 238 g/mol. The van der Waals surface area contributed by atoms with Crippen molar-refractivity contribution in [2.24, 2.45) is 5.92 Å². The zero-order valence-electron chi connectivity index (χ0n) is 11.8. The van der Waals surface area contributed by atoms with Crippen LogP contribution >= 0.6 is 0 Å². The molecule has 19 heavy (non-hydrogen) atoms. The van der Waals surface area contributed by atoms with E-state index in [-0.39, 0.29) is 12.0 Å². The molecular formula is C16H23NO2. The molecule has 1 aliphatic rings. The summed E-state index contributed by atoms with van der Waals surface area (Å²) in [6, 6.07) is 5.92. The topological polar surface area (TPSA) is 49.3 Å². The molecule has 2 rings (SSSR count). The molecule has 0 heterocycles. The minimum atomic E-state index is -0.133. The minimum Gasteiger partial charge on any atom is -0.393 e. The van der Waals surface area contributed by atoms with Crippen LogP contribution in [-0.4, -0.2) is 23.7 Å². The van der Waals surface area contributed by atoms with Gasteiger partial charge in [-0.1, -0.05) is 17.2 Å². The predicted molar refractivity (Wildman–Crippen MR) is 76.2 cm³/mol. The van der Waals surface area contributed by atoms with Gasteiger partial charge in [0, 0.05) is 12.1 Å². The Morgan fingerprint density at radius 1 is 1.16 bits per heavy atom. The van der Waals surface area contributed by atoms with Gasteiger partial charge >= 0.3 is 0 Å². The van der Waals surface area contributed by atoms with E-state index in [1.165, 1.54) is 0 Å². The summed E-state index contributed by atoms with van der Waals surface area (Å²) in [6.07, 6.45) is 3.61. The van der Waals surface area contributed by atoms with Crippen LogP contribution in [0.3, 0.4) is 0 Å². The normalized spacial score (nSPS) is 23.1. The van der Waals surface area contributed by atoms with Crippen LogP contribution in [0.5, 0.6) is 0 Å². The van der Waals surface area contributed by atoms with Crippen LogP contribution in [-0.2, 0) is 0 Å². The van der Waals surface area contributed by atoms with E-state index in [0.29, 0.717) is 5.92 Å². The zero-order valence-corrected chi connectivity index (χ0v) is 11.8. The first kappa shape index (κ1) is 14.1. The van der Waals surface area contributed by atoms with Gasteiger partial charge in [-0.3, -0.25) is 4.79 Å². The van der Waals surface area contributed by atoms with Crippen LogP contribution in [0.15, 0.2) is 18.2 Å². The largest absolute Gasteiger partial charge is 0.393 e. The van der Waals surface area contributed by atoms with Crippen molar-refractivity contribution in [1.82, 2.24) is 5.32 Å². The standard InChI is InChI=1S/C16H23NO2/c1-11-7-12(2)9-14(8-11)16(19)17-10-13-3-5-15(18)6-4-13/h7-9,13,15,18H,3-6,10H2,1-2H3,(H,17,19). The van der Waals surface area contributed by atoms with Gasteiger partial charge in [-0.15, -0.1) is 0 Å². The molecule has 0 atom stereocenters. The number of hydrogen-bond acceptors (Lipinski definition) is 2. The summed E-state index contributed by atoms with van der Waals surface area (Å²) < 4.78 is 0. The number of hydrogen-bond donors (Lipinski definition) is 2. The van der Waals surface area contributed by atoms with E-state index in [9.17, 15) is 9.90 Å². The molecule has 0 bridgehead atoms. The molecule has 0 spiro atoms. The number of carbonyl (C=O) groups is 1. The minimum absolute atomic E-state index is 0.0120. The molecule has 2 N–H and O–H groups in total. The van der Waals surface area contributed by atoms with Gasteiger partial charge in [-0.25, -0.2) is 0 Å². The van der Waals surface area contributed by atoms with Gasteiger partial charge in [0.25, 0.3) is 5.91 Å². The third kappa shape index (κ3) is 4.06. The lowest BCUT2D eigenvalue weighted by Gasteiger charge is -2.25. The summed E-state index contributed by atoms with van der Waals surface area (Å²) in [5.74, 6) is 0.524. The predicted octanol–water partition coefficient (Wildman–Crippen LogP) is 2.58. The number of aryl methyl sites for hydroxylation is 2.